The van der Waals surface area contributed by atoms with Crippen molar-refractivity contribution in [2.24, 2.45) is 5.92 Å². The van der Waals surface area contributed by atoms with E-state index in [9.17, 15) is 0 Å². The largest absolute Gasteiger partial charge is 0.378 e. The monoisotopic (exact) mass is 261 g/mol. The summed E-state index contributed by atoms with van der Waals surface area (Å²) in [6.07, 6.45) is 1.51. The summed E-state index contributed by atoms with van der Waals surface area (Å²) in [7, 11) is 0. The first-order chi connectivity index (χ1) is 9.13. The van der Waals surface area contributed by atoms with Crippen LogP contribution < -0.4 is 5.32 Å². The van der Waals surface area contributed by atoms with Gasteiger partial charge in [-0.2, -0.15) is 0 Å². The lowest BCUT2D eigenvalue weighted by molar-refractivity contribution is 0.0956. The Hall–Kier alpha value is -0.860. The van der Waals surface area contributed by atoms with Gasteiger partial charge in [-0.1, -0.05) is 45.0 Å². The van der Waals surface area contributed by atoms with E-state index in [0.29, 0.717) is 24.0 Å². The van der Waals surface area contributed by atoms with Gasteiger partial charge in [-0.05, 0) is 36.9 Å². The molecule has 19 heavy (non-hydrogen) atoms. The molecule has 2 heteroatoms. The molecule has 106 valence electrons. The number of hydrogen-bond acceptors (Lipinski definition) is 2. The fraction of sp³-hybridized carbons (Fsp3) is 0.647. The lowest BCUT2D eigenvalue weighted by Gasteiger charge is -2.27. The predicted molar refractivity (Wildman–Crippen MR) is 80.5 cm³/mol. The van der Waals surface area contributed by atoms with E-state index in [1.165, 1.54) is 11.1 Å². The molecule has 0 radical (unpaired) electrons. The molecule has 1 N–H and O–H groups in total. The van der Waals surface area contributed by atoms with Gasteiger partial charge in [0.05, 0.1) is 6.10 Å². The molecule has 1 aliphatic rings. The summed E-state index contributed by atoms with van der Waals surface area (Å²) >= 11 is 0. The zero-order valence-electron chi connectivity index (χ0n) is 12.6. The maximum atomic E-state index is 5.74. The van der Waals surface area contributed by atoms with E-state index in [1.54, 1.807) is 0 Å². The van der Waals surface area contributed by atoms with E-state index >= 15 is 0 Å². The van der Waals surface area contributed by atoms with E-state index in [2.05, 4.69) is 57.3 Å². The van der Waals surface area contributed by atoms with Gasteiger partial charge in [0.2, 0.25) is 0 Å². The summed E-state index contributed by atoms with van der Waals surface area (Å²) in [5, 5.41) is 3.64. The second-order valence-electron chi connectivity index (χ2n) is 5.89. The van der Waals surface area contributed by atoms with E-state index < -0.39 is 0 Å². The lowest BCUT2D eigenvalue weighted by Crippen LogP contribution is -2.31. The molecule has 0 aliphatic carbocycles. The highest BCUT2D eigenvalue weighted by molar-refractivity contribution is 5.27. The molecule has 3 unspecified atom stereocenters. The first kappa shape index (κ1) is 14.5. The Labute approximate surface area is 117 Å². The minimum Gasteiger partial charge on any atom is -0.378 e. The number of ether oxygens (including phenoxy) is 1. The first-order valence-electron chi connectivity index (χ1n) is 7.58. The summed E-state index contributed by atoms with van der Waals surface area (Å²) in [6, 6.07) is 9.53. The van der Waals surface area contributed by atoms with Crippen LogP contribution in [0.25, 0.3) is 0 Å². The van der Waals surface area contributed by atoms with Crippen molar-refractivity contribution in [3.8, 4) is 0 Å². The van der Waals surface area contributed by atoms with Crippen molar-refractivity contribution in [2.75, 3.05) is 13.2 Å². The Morgan fingerprint density at radius 2 is 1.84 bits per heavy atom. The molecule has 2 rings (SSSR count). The molecule has 1 aromatic rings. The van der Waals surface area contributed by atoms with Crippen molar-refractivity contribution in [3.05, 3.63) is 35.4 Å². The number of nitrogens with one attached hydrogen (secondary N) is 1. The molecule has 1 aliphatic heterocycles. The quantitative estimate of drug-likeness (QED) is 0.868. The molecule has 0 spiro atoms. The number of benzene rings is 1. The van der Waals surface area contributed by atoms with Gasteiger partial charge in [-0.3, -0.25) is 0 Å². The topological polar surface area (TPSA) is 21.3 Å². The van der Waals surface area contributed by atoms with Gasteiger partial charge in [0.15, 0.2) is 0 Å². The predicted octanol–water partition coefficient (Wildman–Crippen LogP) is 3.89. The zero-order valence-corrected chi connectivity index (χ0v) is 12.6. The summed E-state index contributed by atoms with van der Waals surface area (Å²) in [6.45, 7) is 10.8. The van der Waals surface area contributed by atoms with Gasteiger partial charge in [0, 0.05) is 18.6 Å². The van der Waals surface area contributed by atoms with Crippen LogP contribution in [0.4, 0.5) is 0 Å². The van der Waals surface area contributed by atoms with Gasteiger partial charge in [-0.25, -0.2) is 0 Å². The summed E-state index contributed by atoms with van der Waals surface area (Å²) in [4.78, 5) is 0. The van der Waals surface area contributed by atoms with Crippen LogP contribution in [-0.2, 0) is 4.74 Å². The molecule has 2 nitrogen and oxygen atoms in total. The molecular weight excluding hydrogens is 234 g/mol. The lowest BCUT2D eigenvalue weighted by atomic mass is 9.87. The van der Waals surface area contributed by atoms with Crippen LogP contribution in [0.15, 0.2) is 24.3 Å². The van der Waals surface area contributed by atoms with E-state index in [4.69, 9.17) is 4.74 Å². The second kappa shape index (κ2) is 6.53. The maximum absolute atomic E-state index is 5.74. The van der Waals surface area contributed by atoms with E-state index in [1.807, 2.05) is 0 Å². The van der Waals surface area contributed by atoms with Crippen LogP contribution in [0.1, 0.15) is 57.2 Å². The molecule has 0 amide bonds. The van der Waals surface area contributed by atoms with Crippen LogP contribution in [0, 0.1) is 5.92 Å². The van der Waals surface area contributed by atoms with Gasteiger partial charge in [-0.15, -0.1) is 0 Å². The molecule has 1 aromatic carbocycles. The second-order valence-corrected chi connectivity index (χ2v) is 5.89. The number of hydrogen-bond donors (Lipinski definition) is 1. The highest BCUT2D eigenvalue weighted by atomic mass is 16.5. The van der Waals surface area contributed by atoms with Crippen molar-refractivity contribution in [1.29, 1.82) is 0 Å². The third-order valence-corrected chi connectivity index (χ3v) is 4.25. The van der Waals surface area contributed by atoms with Crippen LogP contribution in [0.2, 0.25) is 0 Å². The Morgan fingerprint density at radius 3 is 2.32 bits per heavy atom. The van der Waals surface area contributed by atoms with Crippen LogP contribution in [0.5, 0.6) is 0 Å². The van der Waals surface area contributed by atoms with E-state index in [0.717, 1.165) is 19.6 Å². The summed E-state index contributed by atoms with van der Waals surface area (Å²) < 4.78 is 5.74. The highest BCUT2D eigenvalue weighted by Gasteiger charge is 2.32. The fourth-order valence-corrected chi connectivity index (χ4v) is 3.01. The Bertz CT molecular complexity index is 385. The minimum atomic E-state index is 0.355. The van der Waals surface area contributed by atoms with Crippen LogP contribution in [-0.4, -0.2) is 19.3 Å². The first-order valence-corrected chi connectivity index (χ1v) is 7.58. The summed E-state index contributed by atoms with van der Waals surface area (Å²) in [5.41, 5.74) is 2.81. The average Bonchev–Trinajstić information content (AvgIpc) is 2.82. The molecule has 0 saturated carbocycles. The molecule has 0 aromatic heterocycles. The third kappa shape index (κ3) is 3.37. The Morgan fingerprint density at radius 1 is 1.21 bits per heavy atom. The standard InChI is InChI=1S/C17H27NO/c1-5-18-17(16-10-11-19-13(16)4)15-8-6-14(7-9-15)12(2)3/h6-9,12-13,16-18H,5,10-11H2,1-4H3. The van der Waals surface area contributed by atoms with Crippen LogP contribution in [0.3, 0.4) is 0 Å². The molecular formula is C17H27NO. The van der Waals surface area contributed by atoms with Gasteiger partial charge < -0.3 is 10.1 Å². The Kier molecular flexibility index (Phi) is 5.00. The van der Waals surface area contributed by atoms with Crippen molar-refractivity contribution in [3.63, 3.8) is 0 Å². The Balaban J connectivity index is 2.18. The van der Waals surface area contributed by atoms with Gasteiger partial charge >= 0.3 is 0 Å². The number of rotatable bonds is 5. The average molecular weight is 261 g/mol. The zero-order chi connectivity index (χ0) is 13.8. The summed E-state index contributed by atoms with van der Waals surface area (Å²) in [5.74, 6) is 1.19. The molecule has 1 saturated heterocycles. The SMILES string of the molecule is CCNC(c1ccc(C(C)C)cc1)C1CCOC1C. The maximum Gasteiger partial charge on any atom is 0.0594 e. The smallest absolute Gasteiger partial charge is 0.0594 e. The van der Waals surface area contributed by atoms with E-state index in [-0.39, 0.29) is 0 Å². The third-order valence-electron chi connectivity index (χ3n) is 4.25. The normalized spacial score (nSPS) is 24.9. The minimum absolute atomic E-state index is 0.355. The van der Waals surface area contributed by atoms with Crippen LogP contribution >= 0.6 is 0 Å². The molecule has 1 heterocycles. The molecule has 1 fully saturated rings. The fourth-order valence-electron chi connectivity index (χ4n) is 3.01. The van der Waals surface area contributed by atoms with Crippen molar-refractivity contribution in [2.45, 2.75) is 52.2 Å². The van der Waals surface area contributed by atoms with Crippen molar-refractivity contribution < 1.29 is 4.74 Å². The van der Waals surface area contributed by atoms with Crippen molar-refractivity contribution >= 4 is 0 Å². The van der Waals surface area contributed by atoms with Gasteiger partial charge in [0.1, 0.15) is 0 Å². The molecule has 0 bridgehead atoms. The van der Waals surface area contributed by atoms with Crippen molar-refractivity contribution in [1.82, 2.24) is 5.32 Å². The van der Waals surface area contributed by atoms with Gasteiger partial charge in [0.25, 0.3) is 0 Å². The molecule has 3 atom stereocenters. The highest BCUT2D eigenvalue weighted by Crippen LogP contribution is 2.33.